The first kappa shape index (κ1) is 19.0. The van der Waals surface area contributed by atoms with Crippen LogP contribution in [0.5, 0.6) is 0 Å². The number of nitrogens with one attached hydrogen (secondary N) is 1. The van der Waals surface area contributed by atoms with Crippen LogP contribution in [0, 0.1) is 5.92 Å². The van der Waals surface area contributed by atoms with Crippen LogP contribution in [0.3, 0.4) is 0 Å². The van der Waals surface area contributed by atoms with Crippen molar-refractivity contribution in [3.63, 3.8) is 0 Å². The molecule has 0 aromatic carbocycles. The Morgan fingerprint density at radius 1 is 1.26 bits per heavy atom. The van der Waals surface area contributed by atoms with E-state index in [9.17, 15) is 13.2 Å². The van der Waals surface area contributed by atoms with E-state index in [2.05, 4.69) is 17.2 Å². The fourth-order valence-electron chi connectivity index (χ4n) is 2.09. The molecule has 0 saturated carbocycles. The topological polar surface area (TPSA) is 24.9 Å². The molecule has 1 aliphatic rings. The molecule has 2 heterocycles. The fourth-order valence-corrected chi connectivity index (χ4v) is 2.09. The van der Waals surface area contributed by atoms with Gasteiger partial charge < -0.3 is 5.32 Å². The number of rotatable bonds is 1. The third kappa shape index (κ3) is 5.10. The number of piperidine rings is 1. The Morgan fingerprint density at radius 2 is 1.95 bits per heavy atom. The van der Waals surface area contributed by atoms with Crippen molar-refractivity contribution in [2.45, 2.75) is 32.0 Å². The van der Waals surface area contributed by atoms with E-state index in [0.717, 1.165) is 25.6 Å². The molecule has 1 aliphatic heterocycles. The summed E-state index contributed by atoms with van der Waals surface area (Å²) in [6.45, 7) is 2.98. The van der Waals surface area contributed by atoms with Gasteiger partial charge in [0.05, 0.1) is 5.56 Å². The molecular weight excluding hydrogens is 263 g/mol. The van der Waals surface area contributed by atoms with Crippen molar-refractivity contribution in [2.75, 3.05) is 6.54 Å². The SMILES string of the molecule is CC1CCC(c2cncc(C(F)(F)F)c2)NC1.[BH4-].[Na+]. The first-order valence-corrected chi connectivity index (χ1v) is 5.72. The molecule has 0 spiro atoms. The van der Waals surface area contributed by atoms with Crippen LogP contribution in [0.4, 0.5) is 13.2 Å². The zero-order valence-electron chi connectivity index (χ0n) is 10.6. The molecule has 1 saturated heterocycles. The van der Waals surface area contributed by atoms with E-state index in [4.69, 9.17) is 0 Å². The Balaban J connectivity index is 0.00000162. The molecule has 2 nitrogen and oxygen atoms in total. The molecule has 19 heavy (non-hydrogen) atoms. The predicted molar refractivity (Wildman–Crippen MR) is 69.7 cm³/mol. The van der Waals surface area contributed by atoms with Gasteiger partial charge in [0.2, 0.25) is 0 Å². The minimum Gasteiger partial charge on any atom is -0.310 e. The van der Waals surface area contributed by atoms with Gasteiger partial charge in [-0.3, -0.25) is 4.98 Å². The molecule has 2 unspecified atom stereocenters. The Hall–Kier alpha value is -0.0351. The molecule has 0 aliphatic carbocycles. The molecular formula is C12H19BF3N2Na. The number of aromatic nitrogens is 1. The van der Waals surface area contributed by atoms with Crippen molar-refractivity contribution in [3.8, 4) is 0 Å². The van der Waals surface area contributed by atoms with E-state index in [1.165, 1.54) is 12.3 Å². The smallest absolute Gasteiger partial charge is 0.310 e. The van der Waals surface area contributed by atoms with Gasteiger partial charge in [0, 0.05) is 18.4 Å². The van der Waals surface area contributed by atoms with Crippen LogP contribution in [-0.4, -0.2) is 19.9 Å². The maximum atomic E-state index is 12.5. The maximum absolute atomic E-state index is 12.5. The zero-order valence-corrected chi connectivity index (χ0v) is 12.6. The monoisotopic (exact) mass is 282 g/mol. The minimum atomic E-state index is -4.31. The molecule has 0 bridgehead atoms. The van der Waals surface area contributed by atoms with Crippen molar-refractivity contribution in [1.82, 2.24) is 10.3 Å². The van der Waals surface area contributed by atoms with Crippen LogP contribution in [-0.2, 0) is 6.18 Å². The number of alkyl halides is 3. The van der Waals surface area contributed by atoms with E-state index >= 15 is 0 Å². The van der Waals surface area contributed by atoms with Crippen LogP contribution in [0.1, 0.15) is 36.9 Å². The van der Waals surface area contributed by atoms with Gasteiger partial charge in [-0.1, -0.05) is 15.3 Å². The third-order valence-electron chi connectivity index (χ3n) is 3.15. The standard InChI is InChI=1S/C12H15F3N2.BH4.Na/c1-8-2-3-11(17-5-8)9-4-10(7-16-6-9)12(13,14)15;;/h4,6-8,11,17H,2-3,5H2,1H3;1H4;/q;-1;+1. The molecule has 7 heteroatoms. The van der Waals surface area contributed by atoms with Crippen molar-refractivity contribution in [3.05, 3.63) is 29.6 Å². The molecule has 1 N–H and O–H groups in total. The number of halogens is 3. The Morgan fingerprint density at radius 3 is 2.47 bits per heavy atom. The Labute approximate surface area is 135 Å². The van der Waals surface area contributed by atoms with E-state index in [-0.39, 0.29) is 44.0 Å². The number of nitrogens with zero attached hydrogens (tertiary/aromatic N) is 1. The molecule has 1 aromatic rings. The number of hydrogen-bond acceptors (Lipinski definition) is 2. The summed E-state index contributed by atoms with van der Waals surface area (Å²) in [6.07, 6.45) is -0.0269. The van der Waals surface area contributed by atoms with Crippen LogP contribution in [0.25, 0.3) is 0 Å². The summed E-state index contributed by atoms with van der Waals surface area (Å²) < 4.78 is 37.6. The molecule has 2 atom stereocenters. The average molecular weight is 282 g/mol. The van der Waals surface area contributed by atoms with Crippen LogP contribution < -0.4 is 34.9 Å². The quantitative estimate of drug-likeness (QED) is 0.649. The van der Waals surface area contributed by atoms with Gasteiger partial charge in [-0.25, -0.2) is 0 Å². The Kier molecular flexibility index (Phi) is 7.66. The van der Waals surface area contributed by atoms with Gasteiger partial charge >= 0.3 is 35.7 Å². The van der Waals surface area contributed by atoms with Gasteiger partial charge in [-0.2, -0.15) is 13.2 Å². The molecule has 0 amide bonds. The Bertz CT molecular complexity index is 393. The summed E-state index contributed by atoms with van der Waals surface area (Å²) in [6, 6.07) is 1.20. The average Bonchev–Trinajstić information content (AvgIpc) is 2.29. The second-order valence-electron chi connectivity index (χ2n) is 4.65. The second-order valence-corrected chi connectivity index (χ2v) is 4.65. The van der Waals surface area contributed by atoms with Crippen LogP contribution >= 0.6 is 0 Å². The summed E-state index contributed by atoms with van der Waals surface area (Å²) in [5.41, 5.74) is -0.0397. The zero-order chi connectivity index (χ0) is 12.5. The van der Waals surface area contributed by atoms with E-state index in [0.29, 0.717) is 11.5 Å². The van der Waals surface area contributed by atoms with E-state index in [1.807, 2.05) is 0 Å². The molecule has 1 fully saturated rings. The largest absolute Gasteiger partial charge is 1.00 e. The fraction of sp³-hybridized carbons (Fsp3) is 0.583. The minimum absolute atomic E-state index is 0. The first-order chi connectivity index (χ1) is 7.97. The number of hydrogen-bond donors (Lipinski definition) is 1. The third-order valence-corrected chi connectivity index (χ3v) is 3.15. The molecule has 1 aromatic heterocycles. The van der Waals surface area contributed by atoms with Crippen molar-refractivity contribution in [2.24, 2.45) is 5.92 Å². The molecule has 0 radical (unpaired) electrons. The summed E-state index contributed by atoms with van der Waals surface area (Å²) >= 11 is 0. The van der Waals surface area contributed by atoms with Crippen LogP contribution in [0.15, 0.2) is 18.5 Å². The van der Waals surface area contributed by atoms with Gasteiger partial charge in [-0.15, -0.1) is 0 Å². The first-order valence-electron chi connectivity index (χ1n) is 5.72. The summed E-state index contributed by atoms with van der Waals surface area (Å²) in [7, 11) is 0. The maximum Gasteiger partial charge on any atom is 1.00 e. The van der Waals surface area contributed by atoms with Crippen molar-refractivity contribution in [1.29, 1.82) is 0 Å². The normalized spacial score (nSPS) is 23.2. The second kappa shape index (κ2) is 7.67. The van der Waals surface area contributed by atoms with Gasteiger partial charge in [0.1, 0.15) is 0 Å². The predicted octanol–water partition coefficient (Wildman–Crippen LogP) is -1.29. The summed E-state index contributed by atoms with van der Waals surface area (Å²) in [5, 5.41) is 3.26. The molecule has 2 rings (SSSR count). The summed E-state index contributed by atoms with van der Waals surface area (Å²) in [5.74, 6) is 0.588. The van der Waals surface area contributed by atoms with Gasteiger partial charge in [-0.05, 0) is 36.9 Å². The molecule has 102 valence electrons. The summed E-state index contributed by atoms with van der Waals surface area (Å²) in [4.78, 5) is 3.69. The van der Waals surface area contributed by atoms with E-state index < -0.39 is 11.7 Å². The number of pyridine rings is 1. The van der Waals surface area contributed by atoms with Crippen molar-refractivity contribution >= 4 is 8.41 Å². The van der Waals surface area contributed by atoms with Gasteiger partial charge in [0.25, 0.3) is 0 Å². The van der Waals surface area contributed by atoms with Crippen LogP contribution in [0.2, 0.25) is 0 Å². The van der Waals surface area contributed by atoms with Crippen molar-refractivity contribution < 1.29 is 42.7 Å². The van der Waals surface area contributed by atoms with E-state index in [1.54, 1.807) is 0 Å². The van der Waals surface area contributed by atoms with Gasteiger partial charge in [0.15, 0.2) is 0 Å².